The summed E-state index contributed by atoms with van der Waals surface area (Å²) in [5.74, 6) is -1.43. The smallest absolute Gasteiger partial charge is 0.337 e. The summed E-state index contributed by atoms with van der Waals surface area (Å²) < 4.78 is 5.65. The van der Waals surface area contributed by atoms with Crippen LogP contribution in [0.2, 0.25) is 5.02 Å². The van der Waals surface area contributed by atoms with Crippen LogP contribution < -0.4 is 10.6 Å². The van der Waals surface area contributed by atoms with Crippen molar-refractivity contribution in [3.63, 3.8) is 0 Å². The summed E-state index contributed by atoms with van der Waals surface area (Å²) in [6.45, 7) is 3.77. The zero-order chi connectivity index (χ0) is 27.1. The number of carbonyl (C=O) groups excluding carboxylic acids is 2. The summed E-state index contributed by atoms with van der Waals surface area (Å²) >= 11 is 7.75. The van der Waals surface area contributed by atoms with Crippen LogP contribution >= 0.6 is 23.4 Å². The van der Waals surface area contributed by atoms with E-state index >= 15 is 0 Å². The van der Waals surface area contributed by atoms with Gasteiger partial charge in [-0.1, -0.05) is 90.1 Å². The lowest BCUT2D eigenvalue weighted by Crippen LogP contribution is -2.29. The fourth-order valence-electron chi connectivity index (χ4n) is 4.16. The van der Waals surface area contributed by atoms with Crippen LogP contribution in [0.1, 0.15) is 29.5 Å². The largest absolute Gasteiger partial charge is 0.457 e. The second kappa shape index (κ2) is 12.5. The Morgan fingerprint density at radius 3 is 2.42 bits per heavy atom. The Labute approximate surface area is 231 Å². The van der Waals surface area contributed by atoms with E-state index in [9.17, 15) is 14.9 Å². The molecular formula is C30H26ClN3O3S. The molecule has 0 aromatic heterocycles. The Hall–Kier alpha value is -3.99. The number of halogens is 1. The number of benzene rings is 3. The molecule has 0 bridgehead atoms. The van der Waals surface area contributed by atoms with Gasteiger partial charge in [0.25, 0.3) is 0 Å². The molecule has 0 fully saturated rings. The number of allylic oxidation sites excluding steroid dienone is 2. The van der Waals surface area contributed by atoms with E-state index < -0.39 is 11.9 Å². The molecule has 1 atom stereocenters. The average molecular weight is 544 g/mol. The second-order valence-electron chi connectivity index (χ2n) is 8.69. The maximum Gasteiger partial charge on any atom is 0.337 e. The number of nitrogens with zero attached hydrogens (tertiary/aromatic N) is 1. The van der Waals surface area contributed by atoms with Gasteiger partial charge >= 0.3 is 5.97 Å². The first-order valence-electron chi connectivity index (χ1n) is 11.9. The quantitative estimate of drug-likeness (QED) is 0.317. The van der Waals surface area contributed by atoms with Crippen LogP contribution in [0.4, 0.5) is 5.69 Å². The van der Waals surface area contributed by atoms with E-state index in [-0.39, 0.29) is 18.3 Å². The molecule has 0 saturated heterocycles. The Balaban J connectivity index is 1.61. The number of anilines is 1. The Bertz CT molecular complexity index is 1460. The summed E-state index contributed by atoms with van der Waals surface area (Å²) in [5.41, 5.74) is 4.29. The predicted molar refractivity (Wildman–Crippen MR) is 151 cm³/mol. The zero-order valence-corrected chi connectivity index (χ0v) is 22.5. The van der Waals surface area contributed by atoms with Crippen molar-refractivity contribution in [3.05, 3.63) is 122 Å². The standard InChI is InChI=1S/C30H26ClN3O3S/c1-19-10-6-9-15-25(19)34-26(35)18-38-29-23(16-32)28(22-13-7-8-14-24(22)31)27(20(2)33-29)30(36)37-17-21-11-4-3-5-12-21/h3-15,28,33H,17-18H2,1-2H3,(H,34,35). The molecule has 4 rings (SSSR count). The number of amides is 1. The second-order valence-corrected chi connectivity index (χ2v) is 10.1. The van der Waals surface area contributed by atoms with Crippen molar-refractivity contribution in [3.8, 4) is 6.07 Å². The minimum Gasteiger partial charge on any atom is -0.457 e. The van der Waals surface area contributed by atoms with Crippen molar-refractivity contribution < 1.29 is 14.3 Å². The number of nitriles is 1. The lowest BCUT2D eigenvalue weighted by molar-refractivity contribution is -0.140. The summed E-state index contributed by atoms with van der Waals surface area (Å²) in [7, 11) is 0. The highest BCUT2D eigenvalue weighted by molar-refractivity contribution is 8.03. The van der Waals surface area contributed by atoms with E-state index in [1.54, 1.807) is 25.1 Å². The van der Waals surface area contributed by atoms with Gasteiger partial charge in [-0.05, 0) is 42.7 Å². The Morgan fingerprint density at radius 1 is 1.03 bits per heavy atom. The highest BCUT2D eigenvalue weighted by Gasteiger charge is 2.36. The van der Waals surface area contributed by atoms with Gasteiger partial charge in [0.1, 0.15) is 6.61 Å². The van der Waals surface area contributed by atoms with E-state index in [4.69, 9.17) is 16.3 Å². The van der Waals surface area contributed by atoms with Crippen LogP contribution in [-0.2, 0) is 20.9 Å². The number of nitrogens with one attached hydrogen (secondary N) is 2. The van der Waals surface area contributed by atoms with Gasteiger partial charge in [0, 0.05) is 16.4 Å². The third-order valence-corrected chi connectivity index (χ3v) is 7.42. The van der Waals surface area contributed by atoms with Crippen molar-refractivity contribution in [2.75, 3.05) is 11.1 Å². The highest BCUT2D eigenvalue weighted by atomic mass is 35.5. The summed E-state index contributed by atoms with van der Waals surface area (Å²) in [4.78, 5) is 26.1. The number of para-hydroxylation sites is 1. The molecule has 3 aromatic rings. The Morgan fingerprint density at radius 2 is 1.71 bits per heavy atom. The molecule has 0 saturated carbocycles. The lowest BCUT2D eigenvalue weighted by Gasteiger charge is -2.29. The summed E-state index contributed by atoms with van der Waals surface area (Å²) in [5, 5.41) is 17.2. The van der Waals surface area contributed by atoms with Crippen LogP contribution in [0.25, 0.3) is 0 Å². The normalized spacial score (nSPS) is 14.9. The molecule has 1 aliphatic heterocycles. The molecular weight excluding hydrogens is 518 g/mol. The first-order chi connectivity index (χ1) is 18.4. The van der Waals surface area contributed by atoms with Crippen molar-refractivity contribution in [2.45, 2.75) is 26.4 Å². The van der Waals surface area contributed by atoms with Crippen molar-refractivity contribution >= 4 is 40.9 Å². The number of carbonyl (C=O) groups is 2. The Kier molecular flexibility index (Phi) is 8.90. The van der Waals surface area contributed by atoms with E-state index in [2.05, 4.69) is 16.7 Å². The van der Waals surface area contributed by atoms with Gasteiger partial charge in [0.15, 0.2) is 0 Å². The third kappa shape index (κ3) is 6.28. The van der Waals surface area contributed by atoms with Crippen molar-refractivity contribution in [1.82, 2.24) is 5.32 Å². The van der Waals surface area contributed by atoms with Crippen molar-refractivity contribution in [2.24, 2.45) is 0 Å². The molecule has 2 N–H and O–H groups in total. The number of rotatable bonds is 8. The summed E-state index contributed by atoms with van der Waals surface area (Å²) in [6, 6.07) is 26.3. The molecule has 0 spiro atoms. The van der Waals surface area contributed by atoms with E-state index in [1.165, 1.54) is 11.8 Å². The van der Waals surface area contributed by atoms with Gasteiger partial charge < -0.3 is 15.4 Å². The molecule has 3 aromatic carbocycles. The lowest BCUT2D eigenvalue weighted by atomic mass is 9.82. The third-order valence-electron chi connectivity index (χ3n) is 6.06. The van der Waals surface area contributed by atoms with Crippen LogP contribution in [0.3, 0.4) is 0 Å². The minimum absolute atomic E-state index is 0.0676. The molecule has 0 radical (unpaired) electrons. The van der Waals surface area contributed by atoms with Gasteiger partial charge in [-0.15, -0.1) is 0 Å². The molecule has 1 aliphatic rings. The SMILES string of the molecule is CC1=C(C(=O)OCc2ccccc2)C(c2ccccc2Cl)C(C#N)=C(SCC(=O)Nc2ccccc2C)N1. The van der Waals surface area contributed by atoms with Gasteiger partial charge in [0.05, 0.1) is 33.9 Å². The van der Waals surface area contributed by atoms with Crippen LogP contribution in [0.5, 0.6) is 0 Å². The highest BCUT2D eigenvalue weighted by Crippen LogP contribution is 2.43. The molecule has 6 nitrogen and oxygen atoms in total. The van der Waals surface area contributed by atoms with E-state index in [1.807, 2.05) is 67.6 Å². The van der Waals surface area contributed by atoms with Crippen LogP contribution in [0.15, 0.2) is 101 Å². The molecule has 192 valence electrons. The fraction of sp³-hybridized carbons (Fsp3) is 0.167. The zero-order valence-electron chi connectivity index (χ0n) is 21.0. The molecule has 0 aliphatic carbocycles. The number of hydrogen-bond acceptors (Lipinski definition) is 6. The van der Waals surface area contributed by atoms with Crippen LogP contribution in [-0.4, -0.2) is 17.6 Å². The minimum atomic E-state index is -0.750. The average Bonchev–Trinajstić information content (AvgIpc) is 2.92. The van der Waals surface area contributed by atoms with E-state index in [0.717, 1.165) is 16.8 Å². The van der Waals surface area contributed by atoms with Gasteiger partial charge in [0.2, 0.25) is 5.91 Å². The number of esters is 1. The number of aryl methyl sites for hydroxylation is 1. The first-order valence-corrected chi connectivity index (χ1v) is 13.3. The number of ether oxygens (including phenoxy) is 1. The number of dihydropyridines is 1. The molecule has 1 heterocycles. The van der Waals surface area contributed by atoms with E-state index in [0.29, 0.717) is 32.5 Å². The maximum atomic E-state index is 13.4. The molecule has 8 heteroatoms. The number of thioether (sulfide) groups is 1. The molecule has 38 heavy (non-hydrogen) atoms. The monoisotopic (exact) mass is 543 g/mol. The van der Waals surface area contributed by atoms with Gasteiger partial charge in [-0.2, -0.15) is 5.26 Å². The maximum absolute atomic E-state index is 13.4. The fourth-order valence-corrected chi connectivity index (χ4v) is 5.29. The molecule has 1 amide bonds. The van der Waals surface area contributed by atoms with Crippen LogP contribution in [0, 0.1) is 18.3 Å². The van der Waals surface area contributed by atoms with Gasteiger partial charge in [-0.25, -0.2) is 4.79 Å². The number of hydrogen-bond donors (Lipinski definition) is 2. The van der Waals surface area contributed by atoms with Crippen molar-refractivity contribution in [1.29, 1.82) is 5.26 Å². The predicted octanol–water partition coefficient (Wildman–Crippen LogP) is 6.46. The first kappa shape index (κ1) is 27.1. The van der Waals surface area contributed by atoms with Gasteiger partial charge in [-0.3, -0.25) is 4.79 Å². The summed E-state index contributed by atoms with van der Waals surface area (Å²) in [6.07, 6.45) is 0. The molecule has 1 unspecified atom stereocenters. The topological polar surface area (TPSA) is 91.2 Å².